The van der Waals surface area contributed by atoms with Gasteiger partial charge in [0.25, 0.3) is 6.71 Å². The number of furan rings is 1. The zero-order valence-electron chi connectivity index (χ0n) is 46.5. The van der Waals surface area contributed by atoms with Crippen LogP contribution >= 0.6 is 0 Å². The molecule has 6 aromatic carbocycles. The van der Waals surface area contributed by atoms with E-state index in [0.717, 1.165) is 42.8 Å². The molecule has 3 heterocycles. The Kier molecular flexibility index (Phi) is 11.6. The Labute approximate surface area is 428 Å². The molecule has 0 fully saturated rings. The summed E-state index contributed by atoms with van der Waals surface area (Å²) in [5, 5.41) is 1.24. The fourth-order valence-electron chi connectivity index (χ4n) is 12.7. The number of anilines is 6. The van der Waals surface area contributed by atoms with Crippen molar-refractivity contribution in [1.29, 1.82) is 0 Å². The normalized spacial score (nSPS) is 16.2. The van der Waals surface area contributed by atoms with Crippen molar-refractivity contribution in [2.45, 2.75) is 189 Å². The highest BCUT2D eigenvalue weighted by Gasteiger charge is 2.48. The topological polar surface area (TPSA) is 19.6 Å². The van der Waals surface area contributed by atoms with Crippen LogP contribution in [-0.2, 0) is 38.9 Å². The minimum absolute atomic E-state index is 0.0289. The molecule has 3 aliphatic rings. The quantitative estimate of drug-likeness (QED) is 0.142. The molecular weight excluding hydrogens is 860 g/mol. The first-order valence-electron chi connectivity index (χ1n) is 27.1. The highest BCUT2D eigenvalue weighted by Crippen LogP contribution is 2.52. The van der Waals surface area contributed by atoms with E-state index in [2.05, 4.69) is 237 Å². The highest BCUT2D eigenvalue weighted by molar-refractivity contribution is 7.01. The third kappa shape index (κ3) is 8.19. The maximum absolute atomic E-state index is 7.67. The molecule has 0 N–H and O–H groups in total. The Balaban J connectivity index is 1.37. The molecule has 71 heavy (non-hydrogen) atoms. The van der Waals surface area contributed by atoms with Crippen molar-refractivity contribution in [3.05, 3.63) is 148 Å². The van der Waals surface area contributed by atoms with Gasteiger partial charge in [0.05, 0.1) is 0 Å². The van der Waals surface area contributed by atoms with Gasteiger partial charge >= 0.3 is 0 Å². The predicted octanol–water partition coefficient (Wildman–Crippen LogP) is 17.5. The Morgan fingerprint density at radius 1 is 0.563 bits per heavy atom. The summed E-state index contributed by atoms with van der Waals surface area (Å²) in [6.07, 6.45) is 6.84. The number of hydrogen-bond donors (Lipinski definition) is 0. The van der Waals surface area contributed by atoms with E-state index in [-0.39, 0.29) is 39.2 Å². The fourth-order valence-corrected chi connectivity index (χ4v) is 12.7. The van der Waals surface area contributed by atoms with Gasteiger partial charge in [-0.1, -0.05) is 185 Å². The van der Waals surface area contributed by atoms with E-state index in [0.29, 0.717) is 0 Å². The van der Waals surface area contributed by atoms with Crippen LogP contribution in [0.25, 0.3) is 22.1 Å². The largest absolute Gasteiger partial charge is 0.440 e. The first-order valence-corrected chi connectivity index (χ1v) is 27.1. The fraction of sp³-hybridized carbons (Fsp3) is 0.433. The second-order valence-corrected chi connectivity index (χ2v) is 26.8. The van der Waals surface area contributed by atoms with Crippen LogP contribution in [-0.4, -0.2) is 6.71 Å². The molecular formula is C67H81BN2O. The monoisotopic (exact) mass is 941 g/mol. The van der Waals surface area contributed by atoms with Crippen LogP contribution in [0.1, 0.15) is 189 Å². The minimum atomic E-state index is -0.0857. The van der Waals surface area contributed by atoms with Crippen molar-refractivity contribution in [1.82, 2.24) is 0 Å². The van der Waals surface area contributed by atoms with Gasteiger partial charge in [0, 0.05) is 39.3 Å². The number of fused-ring (bicyclic) bond motifs is 7. The molecule has 0 saturated heterocycles. The van der Waals surface area contributed by atoms with Crippen LogP contribution in [0.3, 0.4) is 0 Å². The third-order valence-electron chi connectivity index (χ3n) is 17.2. The Bertz CT molecular complexity index is 3210. The summed E-state index contributed by atoms with van der Waals surface area (Å²) in [7, 11) is 0. The SMILES string of the molecule is CCCCC(C)(C)c1ccc(N2c3cc(-c4ccccc4C(C)(C)C)cc4c3B(c3cc(C(C)(C)C)ccc3N4c3ccc(C(C)(C)C)cc3)c3c2oc2cc4c(cc32)C(C)(C)CCC4(C)C)cc1CC. The molecule has 7 aromatic rings. The summed E-state index contributed by atoms with van der Waals surface area (Å²) < 4.78 is 7.67. The number of aryl methyl sites for hydroxylation is 1. The smallest absolute Gasteiger partial charge is 0.257 e. The Morgan fingerprint density at radius 2 is 1.17 bits per heavy atom. The van der Waals surface area contributed by atoms with Gasteiger partial charge in [-0.3, -0.25) is 4.90 Å². The molecule has 1 aromatic heterocycles. The lowest BCUT2D eigenvalue weighted by atomic mass is 9.33. The van der Waals surface area contributed by atoms with Gasteiger partial charge in [0.1, 0.15) is 5.58 Å². The summed E-state index contributed by atoms with van der Waals surface area (Å²) in [5.41, 5.74) is 23.2. The van der Waals surface area contributed by atoms with Crippen molar-refractivity contribution in [3.8, 4) is 11.1 Å². The second-order valence-electron chi connectivity index (χ2n) is 26.8. The summed E-state index contributed by atoms with van der Waals surface area (Å²) in [4.78, 5) is 5.15. The summed E-state index contributed by atoms with van der Waals surface area (Å²) in [6.45, 7) is 40.3. The number of hydrogen-bond acceptors (Lipinski definition) is 3. The molecule has 0 unspecified atom stereocenters. The Morgan fingerprint density at radius 3 is 1.79 bits per heavy atom. The standard InChI is InChI=1S/C67H81BN2O/c1-18-20-33-65(12,13)50-31-30-47(36-42(50)19-2)70-57-38-43(48-23-21-22-24-51(48)64(9,10)11)37-56-60(57)68(59-49-40-52-53(41-58(49)71-61(59)70)67(16,17)35-34-66(52,14)15)54-39-45(63(6,7)8)27-32-55(54)69(56)46-28-25-44(26-29-46)62(3,4)5/h21-32,36-41H,18-20,33-35H2,1-17H3. The number of benzene rings is 6. The van der Waals surface area contributed by atoms with Crippen molar-refractivity contribution < 1.29 is 4.42 Å². The van der Waals surface area contributed by atoms with Crippen LogP contribution < -0.4 is 26.2 Å². The van der Waals surface area contributed by atoms with Crippen molar-refractivity contribution in [2.24, 2.45) is 0 Å². The zero-order chi connectivity index (χ0) is 51.0. The summed E-state index contributed by atoms with van der Waals surface area (Å²) >= 11 is 0. The predicted molar refractivity (Wildman–Crippen MR) is 309 cm³/mol. The molecule has 0 radical (unpaired) electrons. The van der Waals surface area contributed by atoms with E-state index in [4.69, 9.17) is 4.42 Å². The molecule has 0 saturated carbocycles. The number of unbranched alkanes of at least 4 members (excludes halogenated alkanes) is 1. The second kappa shape index (κ2) is 16.8. The van der Waals surface area contributed by atoms with Crippen LogP contribution in [0, 0.1) is 0 Å². The van der Waals surface area contributed by atoms with Gasteiger partial charge in [-0.25, -0.2) is 0 Å². The van der Waals surface area contributed by atoms with Gasteiger partial charge in [-0.2, -0.15) is 0 Å². The van der Waals surface area contributed by atoms with Crippen LogP contribution in [0.15, 0.2) is 114 Å². The van der Waals surface area contributed by atoms with Crippen LogP contribution in [0.5, 0.6) is 0 Å². The zero-order valence-corrected chi connectivity index (χ0v) is 46.5. The average molecular weight is 941 g/mol. The molecule has 1 aliphatic carbocycles. The van der Waals surface area contributed by atoms with Crippen LogP contribution in [0.4, 0.5) is 34.3 Å². The van der Waals surface area contributed by atoms with Gasteiger partial charge in [-0.05, 0) is 174 Å². The molecule has 0 amide bonds. The van der Waals surface area contributed by atoms with E-state index in [9.17, 15) is 0 Å². The van der Waals surface area contributed by atoms with E-state index < -0.39 is 0 Å². The molecule has 2 aliphatic heterocycles. The lowest BCUT2D eigenvalue weighted by molar-refractivity contribution is 0.332. The maximum atomic E-state index is 7.67. The molecule has 0 bridgehead atoms. The van der Waals surface area contributed by atoms with E-state index in [1.807, 2.05) is 0 Å². The first-order chi connectivity index (χ1) is 33.2. The maximum Gasteiger partial charge on any atom is 0.257 e. The van der Waals surface area contributed by atoms with Crippen molar-refractivity contribution in [3.63, 3.8) is 0 Å². The van der Waals surface area contributed by atoms with Crippen LogP contribution in [0.2, 0.25) is 0 Å². The minimum Gasteiger partial charge on any atom is -0.440 e. The molecule has 4 heteroatoms. The molecule has 0 atom stereocenters. The third-order valence-corrected chi connectivity index (χ3v) is 17.2. The average Bonchev–Trinajstić information content (AvgIpc) is 3.68. The van der Waals surface area contributed by atoms with E-state index in [1.165, 1.54) is 107 Å². The first kappa shape index (κ1) is 49.1. The molecule has 368 valence electrons. The Hall–Kier alpha value is -5.48. The molecule has 0 spiro atoms. The molecule has 3 nitrogen and oxygen atoms in total. The highest BCUT2D eigenvalue weighted by atomic mass is 16.4. The van der Waals surface area contributed by atoms with Crippen molar-refractivity contribution >= 4 is 68.4 Å². The van der Waals surface area contributed by atoms with E-state index >= 15 is 0 Å². The summed E-state index contributed by atoms with van der Waals surface area (Å²) in [6, 6.07) is 43.4. The van der Waals surface area contributed by atoms with Crippen molar-refractivity contribution in [2.75, 3.05) is 9.80 Å². The lowest BCUT2D eigenvalue weighted by Crippen LogP contribution is -2.61. The summed E-state index contributed by atoms with van der Waals surface area (Å²) in [5.74, 6) is 0.942. The number of rotatable bonds is 8. The van der Waals surface area contributed by atoms with Gasteiger partial charge in [0.15, 0.2) is 0 Å². The van der Waals surface area contributed by atoms with Gasteiger partial charge in [0.2, 0.25) is 5.88 Å². The van der Waals surface area contributed by atoms with Gasteiger partial charge < -0.3 is 9.32 Å². The van der Waals surface area contributed by atoms with E-state index in [1.54, 1.807) is 0 Å². The lowest BCUT2D eigenvalue weighted by Gasteiger charge is -2.44. The number of nitrogens with zero attached hydrogens (tertiary/aromatic N) is 2. The van der Waals surface area contributed by atoms with Gasteiger partial charge in [-0.15, -0.1) is 0 Å². The molecule has 10 rings (SSSR count).